The fraction of sp³-hybridized carbons (Fsp3) is 0.632. The van der Waals surface area contributed by atoms with Crippen LogP contribution < -0.4 is 10.6 Å². The number of hydrogen-bond donors (Lipinski definition) is 2. The summed E-state index contributed by atoms with van der Waals surface area (Å²) in [5, 5.41) is 6.55. The summed E-state index contributed by atoms with van der Waals surface area (Å²) in [6.45, 7) is 5.92. The number of hydrogen-bond acceptors (Lipinski definition) is 4. The second kappa shape index (κ2) is 11.2. The second-order valence-electron chi connectivity index (χ2n) is 7.00. The van der Waals surface area contributed by atoms with Gasteiger partial charge in [-0.3, -0.25) is 9.89 Å². The molecule has 6 nitrogen and oxygen atoms in total. The van der Waals surface area contributed by atoms with Crippen molar-refractivity contribution in [3.63, 3.8) is 0 Å². The monoisotopic (exact) mass is 382 g/mol. The largest absolute Gasteiger partial charge is 0.356 e. The van der Waals surface area contributed by atoms with Crippen LogP contribution in [-0.2, 0) is 16.4 Å². The number of nitrogens with zero attached hydrogens (tertiary/aromatic N) is 2. The molecular weight excluding hydrogens is 348 g/mol. The zero-order valence-electron chi connectivity index (χ0n) is 16.7. The van der Waals surface area contributed by atoms with Crippen molar-refractivity contribution >= 4 is 15.8 Å². The zero-order chi connectivity index (χ0) is 19.6. The molecule has 0 aliphatic carbocycles. The second-order valence-corrected chi connectivity index (χ2v) is 9.26. The highest BCUT2D eigenvalue weighted by atomic mass is 32.2. The Balaban J connectivity index is 2.32. The van der Waals surface area contributed by atoms with Gasteiger partial charge in [-0.15, -0.1) is 0 Å². The molecule has 0 bridgehead atoms. The minimum absolute atomic E-state index is 0.0501. The lowest BCUT2D eigenvalue weighted by Gasteiger charge is -2.25. The van der Waals surface area contributed by atoms with E-state index in [1.54, 1.807) is 7.05 Å². The van der Waals surface area contributed by atoms with Crippen molar-refractivity contribution in [2.75, 3.05) is 32.6 Å². The van der Waals surface area contributed by atoms with Gasteiger partial charge in [-0.1, -0.05) is 30.3 Å². The average molecular weight is 383 g/mol. The summed E-state index contributed by atoms with van der Waals surface area (Å²) in [5.74, 6) is 0.892. The predicted octanol–water partition coefficient (Wildman–Crippen LogP) is 1.89. The standard InChI is InChI=1S/C19H34N4O2S/c1-16(12-14-26(5,24)25)22-19(20-3)21-13-11-17(2)23(4)15-18-9-7-6-8-10-18/h6-10,16-17H,11-15H2,1-5H3,(H2,20,21,22). The van der Waals surface area contributed by atoms with Gasteiger partial charge in [-0.2, -0.15) is 0 Å². The molecule has 148 valence electrons. The third-order valence-electron chi connectivity index (χ3n) is 4.41. The van der Waals surface area contributed by atoms with Crippen LogP contribution in [-0.4, -0.2) is 64.0 Å². The molecule has 1 rings (SSSR count). The van der Waals surface area contributed by atoms with Crippen LogP contribution in [0, 0.1) is 0 Å². The molecular formula is C19H34N4O2S. The third-order valence-corrected chi connectivity index (χ3v) is 5.39. The van der Waals surface area contributed by atoms with Gasteiger partial charge in [-0.05, 0) is 39.3 Å². The van der Waals surface area contributed by atoms with E-state index in [1.165, 1.54) is 11.8 Å². The highest BCUT2D eigenvalue weighted by molar-refractivity contribution is 7.90. The van der Waals surface area contributed by atoms with Crippen LogP contribution in [0.25, 0.3) is 0 Å². The van der Waals surface area contributed by atoms with Crippen molar-refractivity contribution in [3.8, 4) is 0 Å². The van der Waals surface area contributed by atoms with E-state index in [-0.39, 0.29) is 11.8 Å². The zero-order valence-corrected chi connectivity index (χ0v) is 17.5. The molecule has 26 heavy (non-hydrogen) atoms. The first-order valence-electron chi connectivity index (χ1n) is 9.10. The van der Waals surface area contributed by atoms with E-state index in [1.807, 2.05) is 13.0 Å². The molecule has 2 unspecified atom stereocenters. The van der Waals surface area contributed by atoms with Crippen LogP contribution in [0.3, 0.4) is 0 Å². The third kappa shape index (κ3) is 9.77. The Morgan fingerprint density at radius 3 is 2.42 bits per heavy atom. The number of rotatable bonds is 10. The molecule has 2 N–H and O–H groups in total. The van der Waals surface area contributed by atoms with Gasteiger partial charge in [0.15, 0.2) is 5.96 Å². The molecule has 0 saturated heterocycles. The average Bonchev–Trinajstić information content (AvgIpc) is 2.59. The van der Waals surface area contributed by atoms with Gasteiger partial charge in [0.1, 0.15) is 9.84 Å². The molecule has 0 radical (unpaired) electrons. The summed E-state index contributed by atoms with van der Waals surface area (Å²) in [6, 6.07) is 10.9. The molecule has 0 aliphatic heterocycles. The molecule has 0 fully saturated rings. The number of sulfone groups is 1. The van der Waals surface area contributed by atoms with E-state index in [0.29, 0.717) is 18.4 Å². The molecule has 7 heteroatoms. The highest BCUT2D eigenvalue weighted by Crippen LogP contribution is 2.07. The Morgan fingerprint density at radius 2 is 1.85 bits per heavy atom. The van der Waals surface area contributed by atoms with Gasteiger partial charge in [0.25, 0.3) is 0 Å². The Hall–Kier alpha value is -1.60. The number of guanidine groups is 1. The maximum absolute atomic E-state index is 11.3. The van der Waals surface area contributed by atoms with E-state index in [2.05, 4.69) is 58.8 Å². The van der Waals surface area contributed by atoms with Crippen LogP contribution in [0.4, 0.5) is 0 Å². The normalized spacial score (nSPS) is 14.9. The van der Waals surface area contributed by atoms with E-state index in [4.69, 9.17) is 0 Å². The Bertz CT molecular complexity index is 647. The predicted molar refractivity (Wildman–Crippen MR) is 110 cm³/mol. The van der Waals surface area contributed by atoms with Crippen LogP contribution in [0.15, 0.2) is 35.3 Å². The van der Waals surface area contributed by atoms with Crippen LogP contribution >= 0.6 is 0 Å². The van der Waals surface area contributed by atoms with Crippen molar-refractivity contribution in [1.29, 1.82) is 0 Å². The van der Waals surface area contributed by atoms with Gasteiger partial charge >= 0.3 is 0 Å². The van der Waals surface area contributed by atoms with E-state index in [0.717, 1.165) is 19.5 Å². The number of nitrogens with one attached hydrogen (secondary N) is 2. The highest BCUT2D eigenvalue weighted by Gasteiger charge is 2.11. The Morgan fingerprint density at radius 1 is 1.19 bits per heavy atom. The first kappa shape index (κ1) is 22.4. The molecule has 1 aromatic rings. The first-order chi connectivity index (χ1) is 12.2. The van der Waals surface area contributed by atoms with Crippen molar-refractivity contribution in [3.05, 3.63) is 35.9 Å². The topological polar surface area (TPSA) is 73.8 Å². The van der Waals surface area contributed by atoms with Gasteiger partial charge in [-0.25, -0.2) is 8.42 Å². The fourth-order valence-corrected chi connectivity index (χ4v) is 3.32. The van der Waals surface area contributed by atoms with E-state index < -0.39 is 9.84 Å². The van der Waals surface area contributed by atoms with Gasteiger partial charge in [0.05, 0.1) is 5.75 Å². The van der Waals surface area contributed by atoms with Crippen LogP contribution in [0.2, 0.25) is 0 Å². The molecule has 0 heterocycles. The summed E-state index contributed by atoms with van der Waals surface area (Å²) < 4.78 is 22.5. The summed E-state index contributed by atoms with van der Waals surface area (Å²) in [6.07, 6.45) is 2.82. The van der Waals surface area contributed by atoms with Gasteiger partial charge in [0, 0.05) is 38.5 Å². The van der Waals surface area contributed by atoms with Gasteiger partial charge < -0.3 is 10.6 Å². The Kier molecular flexibility index (Phi) is 9.65. The van der Waals surface area contributed by atoms with Crippen LogP contribution in [0.5, 0.6) is 0 Å². The minimum atomic E-state index is -2.93. The van der Waals surface area contributed by atoms with E-state index in [9.17, 15) is 8.42 Å². The summed E-state index contributed by atoms with van der Waals surface area (Å²) in [5.41, 5.74) is 1.31. The lowest BCUT2D eigenvalue weighted by atomic mass is 10.1. The lowest BCUT2D eigenvalue weighted by Crippen LogP contribution is -2.44. The van der Waals surface area contributed by atoms with E-state index >= 15 is 0 Å². The summed E-state index contributed by atoms with van der Waals surface area (Å²) >= 11 is 0. The SMILES string of the molecule is CN=C(NCCC(C)N(C)Cc1ccccc1)NC(C)CCS(C)(=O)=O. The molecule has 0 aromatic heterocycles. The smallest absolute Gasteiger partial charge is 0.191 e. The maximum Gasteiger partial charge on any atom is 0.191 e. The quantitative estimate of drug-likeness (QED) is 0.477. The molecule has 0 spiro atoms. The maximum atomic E-state index is 11.3. The molecule has 0 saturated carbocycles. The number of aliphatic imine (C=N–C) groups is 1. The molecule has 1 aromatic carbocycles. The molecule has 0 aliphatic rings. The first-order valence-corrected chi connectivity index (χ1v) is 11.2. The minimum Gasteiger partial charge on any atom is -0.356 e. The van der Waals surface area contributed by atoms with Crippen LogP contribution in [0.1, 0.15) is 32.3 Å². The molecule has 0 amide bonds. The fourth-order valence-electron chi connectivity index (χ4n) is 2.54. The van der Waals surface area contributed by atoms with Crippen molar-refractivity contribution in [2.45, 2.75) is 45.3 Å². The summed E-state index contributed by atoms with van der Waals surface area (Å²) in [7, 11) is 0.932. The van der Waals surface area contributed by atoms with Crippen molar-refractivity contribution in [1.82, 2.24) is 15.5 Å². The van der Waals surface area contributed by atoms with Crippen molar-refractivity contribution in [2.24, 2.45) is 4.99 Å². The van der Waals surface area contributed by atoms with Gasteiger partial charge in [0.2, 0.25) is 0 Å². The molecule has 2 atom stereocenters. The van der Waals surface area contributed by atoms with Crippen molar-refractivity contribution < 1.29 is 8.42 Å². The lowest BCUT2D eigenvalue weighted by molar-refractivity contribution is 0.238. The number of benzene rings is 1. The summed E-state index contributed by atoms with van der Waals surface area (Å²) in [4.78, 5) is 6.55. The Labute approximate surface area is 159 Å².